The minimum absolute atomic E-state index is 0.0855. The molecule has 1 aromatic heterocycles. The third-order valence-electron chi connectivity index (χ3n) is 8.51. The van der Waals surface area contributed by atoms with Crippen LogP contribution in [0.3, 0.4) is 0 Å². The molecule has 0 radical (unpaired) electrons. The van der Waals surface area contributed by atoms with Crippen molar-refractivity contribution in [3.63, 3.8) is 0 Å². The SMILES string of the molecule is CC(ON=C(C(=O)OC(c1ccccc1)c1ccccc1)c1nsc(NC(c2ccccc2)(c2ccccc2)c2ccccc2)n1)Sc1ccccc1. The number of rotatable bonds is 14. The number of anilines is 1. The van der Waals surface area contributed by atoms with Crippen molar-refractivity contribution in [2.45, 2.75) is 28.9 Å². The topological polar surface area (TPSA) is 85.7 Å². The molecular weight excluding hydrogens is 697 g/mol. The summed E-state index contributed by atoms with van der Waals surface area (Å²) in [6.45, 7) is 1.87. The number of carbonyl (C=O) groups excluding carboxylic acids is 1. The summed E-state index contributed by atoms with van der Waals surface area (Å²) in [7, 11) is 0. The first-order valence-corrected chi connectivity index (χ1v) is 18.8. The summed E-state index contributed by atoms with van der Waals surface area (Å²) in [5.41, 5.74) is 3.22. The summed E-state index contributed by atoms with van der Waals surface area (Å²) < 4.78 is 10.9. The van der Waals surface area contributed by atoms with Crippen molar-refractivity contribution >= 4 is 40.1 Å². The maximum Gasteiger partial charge on any atom is 0.365 e. The van der Waals surface area contributed by atoms with Crippen molar-refractivity contribution in [1.29, 1.82) is 0 Å². The maximum atomic E-state index is 14.3. The molecule has 0 amide bonds. The lowest BCUT2D eigenvalue weighted by Crippen LogP contribution is -2.38. The van der Waals surface area contributed by atoms with Gasteiger partial charge in [-0.15, -0.1) is 0 Å². The highest BCUT2D eigenvalue weighted by Gasteiger charge is 2.38. The molecule has 7 nitrogen and oxygen atoms in total. The molecule has 0 bridgehead atoms. The molecular formula is C44H36N4O3S2. The van der Waals surface area contributed by atoms with Gasteiger partial charge in [-0.2, -0.15) is 9.36 Å². The summed E-state index contributed by atoms with van der Waals surface area (Å²) >= 11 is 2.61. The Morgan fingerprint density at radius 1 is 0.660 bits per heavy atom. The highest BCUT2D eigenvalue weighted by atomic mass is 32.2. The number of carbonyl (C=O) groups is 1. The van der Waals surface area contributed by atoms with Gasteiger partial charge in [0.2, 0.25) is 16.7 Å². The van der Waals surface area contributed by atoms with Crippen LogP contribution >= 0.6 is 23.3 Å². The molecule has 262 valence electrons. The van der Waals surface area contributed by atoms with Crippen LogP contribution in [0.25, 0.3) is 0 Å². The summed E-state index contributed by atoms with van der Waals surface area (Å²) in [6.07, 6.45) is -0.704. The Hall–Kier alpha value is -6.03. The van der Waals surface area contributed by atoms with Gasteiger partial charge in [0.15, 0.2) is 11.5 Å². The second kappa shape index (κ2) is 17.0. The summed E-state index contributed by atoms with van der Waals surface area (Å²) in [5, 5.41) is 8.61. The van der Waals surface area contributed by atoms with Gasteiger partial charge in [0.05, 0.1) is 0 Å². The lowest BCUT2D eigenvalue weighted by Gasteiger charge is -2.36. The second-order valence-corrected chi connectivity index (χ2v) is 14.2. The van der Waals surface area contributed by atoms with Crippen LogP contribution in [-0.4, -0.2) is 26.5 Å². The average Bonchev–Trinajstić information content (AvgIpc) is 3.69. The number of nitrogens with one attached hydrogen (secondary N) is 1. The van der Waals surface area contributed by atoms with Gasteiger partial charge in [0.1, 0.15) is 5.54 Å². The number of nitrogens with zero attached hydrogens (tertiary/aromatic N) is 3. The van der Waals surface area contributed by atoms with Crippen molar-refractivity contribution in [2.75, 3.05) is 5.32 Å². The Morgan fingerprint density at radius 3 is 1.57 bits per heavy atom. The van der Waals surface area contributed by atoms with E-state index in [1.165, 1.54) is 11.8 Å². The fraction of sp³-hybridized carbons (Fsp3) is 0.0909. The van der Waals surface area contributed by atoms with Gasteiger partial charge in [-0.25, -0.2) is 4.79 Å². The van der Waals surface area contributed by atoms with E-state index in [0.29, 0.717) is 5.13 Å². The summed E-state index contributed by atoms with van der Waals surface area (Å²) in [5.74, 6) is -0.633. The molecule has 7 rings (SSSR count). The van der Waals surface area contributed by atoms with E-state index in [1.54, 1.807) is 0 Å². The standard InChI is InChI=1S/C44H36N4O3S2/c1-32(52-38-30-18-7-19-31-38)51-47-39(42(49)50-40(33-20-8-2-9-21-33)34-22-10-3-11-23-34)41-45-43(53-48-41)46-44(35-24-12-4-13-25-35,36-26-14-5-15-27-36)37-28-16-6-17-29-37/h2-32,40H,1H3,(H,45,46,48). The van der Waals surface area contributed by atoms with Gasteiger partial charge in [-0.05, 0) is 46.9 Å². The molecule has 0 aliphatic rings. The maximum absolute atomic E-state index is 14.3. The molecule has 1 unspecified atom stereocenters. The van der Waals surface area contributed by atoms with Gasteiger partial charge in [-0.3, -0.25) is 0 Å². The number of oxime groups is 1. The van der Waals surface area contributed by atoms with Crippen molar-refractivity contribution < 1.29 is 14.4 Å². The van der Waals surface area contributed by atoms with E-state index < -0.39 is 23.0 Å². The zero-order valence-corrected chi connectivity index (χ0v) is 30.5. The number of hydrogen-bond donors (Lipinski definition) is 1. The molecule has 0 aliphatic carbocycles. The molecule has 1 heterocycles. The van der Waals surface area contributed by atoms with E-state index in [9.17, 15) is 4.79 Å². The highest BCUT2D eigenvalue weighted by molar-refractivity contribution is 7.99. The van der Waals surface area contributed by atoms with Crippen molar-refractivity contribution in [3.8, 4) is 0 Å². The molecule has 0 saturated carbocycles. The van der Waals surface area contributed by atoms with Crippen LogP contribution < -0.4 is 5.32 Å². The van der Waals surface area contributed by atoms with Crippen LogP contribution in [0.15, 0.2) is 192 Å². The molecule has 1 atom stereocenters. The highest BCUT2D eigenvalue weighted by Crippen LogP contribution is 2.40. The molecule has 9 heteroatoms. The lowest BCUT2D eigenvalue weighted by molar-refractivity contribution is -0.139. The molecule has 0 saturated heterocycles. The monoisotopic (exact) mass is 732 g/mol. The average molecular weight is 733 g/mol. The predicted molar refractivity (Wildman–Crippen MR) is 213 cm³/mol. The van der Waals surface area contributed by atoms with E-state index in [0.717, 1.165) is 44.2 Å². The van der Waals surface area contributed by atoms with Crippen molar-refractivity contribution in [2.24, 2.45) is 5.16 Å². The Labute approximate surface area is 317 Å². The van der Waals surface area contributed by atoms with E-state index in [1.807, 2.05) is 153 Å². The minimum atomic E-state index is -0.846. The first kappa shape index (κ1) is 35.4. The number of hydrogen-bond acceptors (Lipinski definition) is 9. The molecule has 53 heavy (non-hydrogen) atoms. The van der Waals surface area contributed by atoms with E-state index in [4.69, 9.17) is 14.6 Å². The molecule has 0 aliphatic heterocycles. The van der Waals surface area contributed by atoms with E-state index >= 15 is 0 Å². The first-order chi connectivity index (χ1) is 26.1. The Balaban J connectivity index is 1.27. The van der Waals surface area contributed by atoms with Crippen molar-refractivity contribution in [3.05, 3.63) is 216 Å². The molecule has 0 spiro atoms. The Morgan fingerprint density at radius 2 is 1.09 bits per heavy atom. The van der Waals surface area contributed by atoms with E-state index in [2.05, 4.69) is 51.2 Å². The normalized spacial score (nSPS) is 12.2. The third kappa shape index (κ3) is 8.38. The van der Waals surface area contributed by atoms with Crippen LogP contribution in [0.5, 0.6) is 0 Å². The number of aromatic nitrogens is 2. The molecule has 6 aromatic carbocycles. The Kier molecular flexibility index (Phi) is 11.3. The van der Waals surface area contributed by atoms with Gasteiger partial charge >= 0.3 is 5.97 Å². The summed E-state index contributed by atoms with van der Waals surface area (Å²) in [4.78, 5) is 26.1. The van der Waals surface area contributed by atoms with Gasteiger partial charge < -0.3 is 14.9 Å². The van der Waals surface area contributed by atoms with Gasteiger partial charge in [0, 0.05) is 16.4 Å². The Bertz CT molecular complexity index is 2090. The third-order valence-corrected chi connectivity index (χ3v) is 10.1. The van der Waals surface area contributed by atoms with E-state index in [-0.39, 0.29) is 11.5 Å². The van der Waals surface area contributed by atoms with Crippen LogP contribution in [-0.2, 0) is 19.9 Å². The minimum Gasteiger partial charge on any atom is -0.448 e. The van der Waals surface area contributed by atoms with Crippen LogP contribution in [0, 0.1) is 0 Å². The van der Waals surface area contributed by atoms with Crippen LogP contribution in [0.2, 0.25) is 0 Å². The quantitative estimate of drug-likeness (QED) is 0.0298. The lowest BCUT2D eigenvalue weighted by atomic mass is 9.77. The number of thioether (sulfide) groups is 1. The van der Waals surface area contributed by atoms with Gasteiger partial charge in [0.25, 0.3) is 0 Å². The smallest absolute Gasteiger partial charge is 0.365 e. The number of benzene rings is 6. The fourth-order valence-corrected chi connectivity index (χ4v) is 7.48. The molecule has 0 fully saturated rings. The number of esters is 1. The fourth-order valence-electron chi connectivity index (χ4n) is 6.07. The van der Waals surface area contributed by atoms with Crippen LogP contribution in [0.1, 0.15) is 46.7 Å². The zero-order chi connectivity index (χ0) is 36.3. The molecule has 1 N–H and O–H groups in total. The van der Waals surface area contributed by atoms with Crippen molar-refractivity contribution in [1.82, 2.24) is 9.36 Å². The molecule has 7 aromatic rings. The number of ether oxygens (including phenoxy) is 1. The zero-order valence-electron chi connectivity index (χ0n) is 28.9. The van der Waals surface area contributed by atoms with Gasteiger partial charge in [-0.1, -0.05) is 187 Å². The summed E-state index contributed by atoms with van der Waals surface area (Å²) in [6, 6.07) is 59.7. The first-order valence-electron chi connectivity index (χ1n) is 17.2. The van der Waals surface area contributed by atoms with Crippen LogP contribution in [0.4, 0.5) is 5.13 Å². The predicted octanol–water partition coefficient (Wildman–Crippen LogP) is 10.1. The largest absolute Gasteiger partial charge is 0.448 e. The second-order valence-electron chi connectivity index (χ2n) is 12.0.